The molecule has 0 aliphatic heterocycles. The molecule has 3 rings (SSSR count). The average molecular weight is 418 g/mol. The molecule has 0 saturated heterocycles. The summed E-state index contributed by atoms with van der Waals surface area (Å²) in [5.41, 5.74) is 0.296. The minimum absolute atomic E-state index is 0.00691. The molecule has 0 unspecified atom stereocenters. The highest BCUT2D eigenvalue weighted by Gasteiger charge is 2.19. The number of hydrogen-bond acceptors (Lipinski definition) is 7. The number of furan rings is 1. The number of nitrogens with zero attached hydrogens (tertiary/aromatic N) is 3. The van der Waals surface area contributed by atoms with Gasteiger partial charge >= 0.3 is 5.97 Å². The number of carbonyl (C=O) groups is 2. The molecule has 0 aliphatic carbocycles. The molecule has 0 fully saturated rings. The molecule has 29 heavy (non-hydrogen) atoms. The molecule has 2 heterocycles. The van der Waals surface area contributed by atoms with Gasteiger partial charge in [0.15, 0.2) is 11.0 Å². The number of ether oxygens (including phenoxy) is 1. The fraction of sp³-hybridized carbons (Fsp3) is 0.263. The van der Waals surface area contributed by atoms with Crippen LogP contribution in [0.15, 0.2) is 52.2 Å². The smallest absolute Gasteiger partial charge is 0.325 e. The van der Waals surface area contributed by atoms with Gasteiger partial charge in [0.2, 0.25) is 5.91 Å². The topological polar surface area (TPSA) is 99.2 Å². The SMILES string of the molecule is CCOC(=O)CNC(=O)CSc1nnc(-c2ccccc2F)n1Cc1ccco1. The monoisotopic (exact) mass is 418 g/mol. The highest BCUT2D eigenvalue weighted by molar-refractivity contribution is 7.99. The first-order chi connectivity index (χ1) is 14.1. The second-order valence-corrected chi connectivity index (χ2v) is 6.76. The van der Waals surface area contributed by atoms with E-state index in [1.165, 1.54) is 12.3 Å². The summed E-state index contributed by atoms with van der Waals surface area (Å²) in [6, 6.07) is 9.79. The molecule has 1 N–H and O–H groups in total. The molecule has 0 aliphatic rings. The third kappa shape index (κ3) is 5.44. The molecule has 0 spiro atoms. The molecule has 0 radical (unpaired) electrons. The third-order valence-electron chi connectivity index (χ3n) is 3.79. The van der Waals surface area contributed by atoms with Gasteiger partial charge in [-0.2, -0.15) is 0 Å². The number of thioether (sulfide) groups is 1. The fourth-order valence-electron chi connectivity index (χ4n) is 2.50. The Hall–Kier alpha value is -3.14. The molecule has 0 atom stereocenters. The average Bonchev–Trinajstić information content (AvgIpc) is 3.36. The second kappa shape index (κ2) is 9.87. The Bertz CT molecular complexity index is 975. The first-order valence-corrected chi connectivity index (χ1v) is 9.82. The van der Waals surface area contributed by atoms with E-state index in [9.17, 15) is 14.0 Å². The molecule has 152 valence electrons. The highest BCUT2D eigenvalue weighted by Crippen LogP contribution is 2.27. The standard InChI is InChI=1S/C19H19FN4O4S/c1-2-27-17(26)10-21-16(25)12-29-19-23-22-18(14-7-3-4-8-15(14)20)24(19)11-13-6-5-9-28-13/h3-9H,2,10-12H2,1H3,(H,21,25). The van der Waals surface area contributed by atoms with Crippen molar-refractivity contribution in [3.05, 3.63) is 54.2 Å². The lowest BCUT2D eigenvalue weighted by molar-refractivity contribution is -0.143. The van der Waals surface area contributed by atoms with Crippen molar-refractivity contribution in [3.8, 4) is 11.4 Å². The number of carbonyl (C=O) groups excluding carboxylic acids is 2. The normalized spacial score (nSPS) is 10.7. The third-order valence-corrected chi connectivity index (χ3v) is 4.76. The number of aromatic nitrogens is 3. The Morgan fingerprint density at radius 2 is 2.07 bits per heavy atom. The Balaban J connectivity index is 1.75. The number of rotatable bonds is 9. The fourth-order valence-corrected chi connectivity index (χ4v) is 3.27. The number of esters is 1. The minimum atomic E-state index is -0.506. The van der Waals surface area contributed by atoms with E-state index in [1.54, 1.807) is 41.8 Å². The predicted molar refractivity (Wildman–Crippen MR) is 104 cm³/mol. The Kier molecular flexibility index (Phi) is 7.01. The number of halogens is 1. The quantitative estimate of drug-likeness (QED) is 0.421. The van der Waals surface area contributed by atoms with Gasteiger partial charge in [-0.05, 0) is 31.2 Å². The molecule has 0 saturated carbocycles. The summed E-state index contributed by atoms with van der Waals surface area (Å²) in [7, 11) is 0. The van der Waals surface area contributed by atoms with E-state index >= 15 is 0 Å². The summed E-state index contributed by atoms with van der Waals surface area (Å²) < 4.78 is 26.1. The Labute approximate surface area is 170 Å². The number of hydrogen-bond donors (Lipinski definition) is 1. The largest absolute Gasteiger partial charge is 0.467 e. The summed E-state index contributed by atoms with van der Waals surface area (Å²) in [5.74, 6) is -0.321. The van der Waals surface area contributed by atoms with Crippen LogP contribution in [0.1, 0.15) is 12.7 Å². The lowest BCUT2D eigenvalue weighted by Crippen LogP contribution is -2.31. The van der Waals surface area contributed by atoms with E-state index in [2.05, 4.69) is 15.5 Å². The van der Waals surface area contributed by atoms with Gasteiger partial charge in [-0.3, -0.25) is 14.2 Å². The number of nitrogens with one attached hydrogen (secondary N) is 1. The van der Waals surface area contributed by atoms with Crippen molar-refractivity contribution in [2.75, 3.05) is 18.9 Å². The maximum atomic E-state index is 14.3. The van der Waals surface area contributed by atoms with Crippen molar-refractivity contribution >= 4 is 23.6 Å². The molecule has 3 aromatic rings. The van der Waals surface area contributed by atoms with Crippen LogP contribution in [0.2, 0.25) is 0 Å². The van der Waals surface area contributed by atoms with Crippen LogP contribution in [0.5, 0.6) is 0 Å². The maximum absolute atomic E-state index is 14.3. The van der Waals surface area contributed by atoms with Crippen molar-refractivity contribution in [1.29, 1.82) is 0 Å². The molecule has 1 aromatic carbocycles. The predicted octanol–water partition coefficient (Wildman–Crippen LogP) is 2.50. The van der Waals surface area contributed by atoms with Gasteiger partial charge in [-0.1, -0.05) is 23.9 Å². The molecule has 8 nitrogen and oxygen atoms in total. The molecule has 0 bridgehead atoms. The van der Waals surface area contributed by atoms with Crippen LogP contribution in [0.4, 0.5) is 4.39 Å². The van der Waals surface area contributed by atoms with E-state index in [1.807, 2.05) is 0 Å². The van der Waals surface area contributed by atoms with Crippen LogP contribution in [0.25, 0.3) is 11.4 Å². The first-order valence-electron chi connectivity index (χ1n) is 8.84. The Morgan fingerprint density at radius 1 is 1.24 bits per heavy atom. The van der Waals surface area contributed by atoms with Gasteiger partial charge in [0.1, 0.15) is 18.1 Å². The lowest BCUT2D eigenvalue weighted by Gasteiger charge is -2.09. The molecular weight excluding hydrogens is 399 g/mol. The van der Waals surface area contributed by atoms with Gasteiger partial charge in [0.25, 0.3) is 0 Å². The maximum Gasteiger partial charge on any atom is 0.325 e. The van der Waals surface area contributed by atoms with E-state index < -0.39 is 11.8 Å². The van der Waals surface area contributed by atoms with Gasteiger partial charge in [-0.15, -0.1) is 10.2 Å². The van der Waals surface area contributed by atoms with E-state index in [0.717, 1.165) is 11.8 Å². The van der Waals surface area contributed by atoms with Gasteiger partial charge in [-0.25, -0.2) is 4.39 Å². The van der Waals surface area contributed by atoms with Crippen LogP contribution in [0.3, 0.4) is 0 Å². The van der Waals surface area contributed by atoms with E-state index in [-0.39, 0.29) is 31.4 Å². The van der Waals surface area contributed by atoms with Crippen molar-refractivity contribution in [2.24, 2.45) is 0 Å². The zero-order chi connectivity index (χ0) is 20.6. The number of benzene rings is 1. The zero-order valence-corrected chi connectivity index (χ0v) is 16.4. The lowest BCUT2D eigenvalue weighted by atomic mass is 10.2. The van der Waals surface area contributed by atoms with E-state index in [0.29, 0.717) is 22.3 Å². The van der Waals surface area contributed by atoms with Crippen LogP contribution < -0.4 is 5.32 Å². The second-order valence-electron chi connectivity index (χ2n) is 5.82. The number of amides is 1. The minimum Gasteiger partial charge on any atom is -0.467 e. The molecular formula is C19H19FN4O4S. The first kappa shape index (κ1) is 20.6. The molecule has 10 heteroatoms. The molecule has 1 amide bonds. The summed E-state index contributed by atoms with van der Waals surface area (Å²) >= 11 is 1.12. The summed E-state index contributed by atoms with van der Waals surface area (Å²) in [5, 5.41) is 11.1. The highest BCUT2D eigenvalue weighted by atomic mass is 32.2. The van der Waals surface area contributed by atoms with Gasteiger partial charge < -0.3 is 14.5 Å². The Morgan fingerprint density at radius 3 is 2.79 bits per heavy atom. The van der Waals surface area contributed by atoms with Crippen LogP contribution in [-0.4, -0.2) is 45.5 Å². The summed E-state index contributed by atoms with van der Waals surface area (Å²) in [4.78, 5) is 23.3. The molecule has 2 aromatic heterocycles. The van der Waals surface area contributed by atoms with Crippen LogP contribution in [0, 0.1) is 5.82 Å². The van der Waals surface area contributed by atoms with E-state index in [4.69, 9.17) is 9.15 Å². The van der Waals surface area contributed by atoms with Crippen molar-refractivity contribution < 1.29 is 23.1 Å². The zero-order valence-electron chi connectivity index (χ0n) is 15.6. The summed E-state index contributed by atoms with van der Waals surface area (Å²) in [6.07, 6.45) is 1.54. The van der Waals surface area contributed by atoms with Crippen molar-refractivity contribution in [1.82, 2.24) is 20.1 Å². The van der Waals surface area contributed by atoms with Crippen molar-refractivity contribution in [2.45, 2.75) is 18.6 Å². The van der Waals surface area contributed by atoms with Gasteiger partial charge in [0.05, 0.1) is 30.7 Å². The summed E-state index contributed by atoms with van der Waals surface area (Å²) in [6.45, 7) is 2.01. The van der Waals surface area contributed by atoms with Gasteiger partial charge in [0, 0.05) is 0 Å². The van der Waals surface area contributed by atoms with Crippen LogP contribution in [-0.2, 0) is 20.9 Å². The van der Waals surface area contributed by atoms with Crippen LogP contribution >= 0.6 is 11.8 Å². The van der Waals surface area contributed by atoms with Crippen molar-refractivity contribution in [3.63, 3.8) is 0 Å².